The van der Waals surface area contributed by atoms with Crippen molar-refractivity contribution in [2.24, 2.45) is 0 Å². The van der Waals surface area contributed by atoms with Gasteiger partial charge in [-0.15, -0.1) is 0 Å². The number of anilines is 1. The van der Waals surface area contributed by atoms with Crippen LogP contribution in [0, 0.1) is 0 Å². The Bertz CT molecular complexity index is 363. The van der Waals surface area contributed by atoms with Crippen molar-refractivity contribution in [2.45, 2.75) is 26.3 Å². The predicted molar refractivity (Wildman–Crippen MR) is 67.8 cm³/mol. The third-order valence-electron chi connectivity index (χ3n) is 2.80. The summed E-state index contributed by atoms with van der Waals surface area (Å²) in [5.74, 6) is 0.0868. The van der Waals surface area contributed by atoms with E-state index in [4.69, 9.17) is 0 Å². The number of fused-ring (bicyclic) bond motifs is 1. The molecule has 0 fully saturated rings. The van der Waals surface area contributed by atoms with Gasteiger partial charge in [0.05, 0.1) is 0 Å². The molecule has 1 heterocycles. The van der Waals surface area contributed by atoms with Crippen molar-refractivity contribution in [1.82, 2.24) is 5.32 Å². The van der Waals surface area contributed by atoms with E-state index in [0.717, 1.165) is 6.42 Å². The van der Waals surface area contributed by atoms with Crippen LogP contribution in [-0.2, 0) is 11.2 Å². The first-order valence-corrected chi connectivity index (χ1v) is 5.76. The minimum absolute atomic E-state index is 0.0441. The highest BCUT2D eigenvalue weighted by Crippen LogP contribution is 2.30. The monoisotopic (exact) mass is 220 g/mol. The maximum absolute atomic E-state index is 11.5. The Morgan fingerprint density at radius 3 is 2.56 bits per heavy atom. The number of nitrogens with one attached hydrogen (secondary N) is 1. The van der Waals surface area contributed by atoms with Crippen LogP contribution in [0.15, 0.2) is 24.3 Å². The number of para-hydroxylation sites is 1. The van der Waals surface area contributed by atoms with Gasteiger partial charge in [-0.2, -0.15) is 0 Å². The van der Waals surface area contributed by atoms with Gasteiger partial charge in [0.2, 0.25) is 5.91 Å². The fraction of sp³-hybridized carbons (Fsp3) is 0.462. The van der Waals surface area contributed by atoms with Crippen LogP contribution in [0.1, 0.15) is 19.4 Å². The van der Waals surface area contributed by atoms with Crippen LogP contribution in [-0.4, -0.2) is 26.0 Å². The summed E-state index contributed by atoms with van der Waals surface area (Å²) in [5, 5.41) is 2.69. The van der Waals surface area contributed by atoms with Crippen LogP contribution in [0.2, 0.25) is 0 Å². The molecule has 3 heteroatoms. The average molecular weight is 220 g/mol. The van der Waals surface area contributed by atoms with Crippen LogP contribution in [0.25, 0.3) is 0 Å². The zero-order valence-electron chi connectivity index (χ0n) is 10.4. The molecule has 0 aliphatic carbocycles. The van der Waals surface area contributed by atoms with Gasteiger partial charge < -0.3 is 10.2 Å². The van der Waals surface area contributed by atoms with E-state index in [1.807, 2.05) is 37.9 Å². The zero-order chi connectivity index (χ0) is 12.1. The molecule has 0 saturated carbocycles. The SMILES string of the molecule is CC.CNC(=O)C1Cc2ccccc2N1C. The molecule has 0 radical (unpaired) electrons. The van der Waals surface area contributed by atoms with Crippen LogP contribution in [0.5, 0.6) is 0 Å². The minimum atomic E-state index is -0.0441. The molecule has 88 valence electrons. The number of rotatable bonds is 1. The molecule has 1 aromatic rings. The summed E-state index contributed by atoms with van der Waals surface area (Å²) < 4.78 is 0. The molecule has 1 amide bonds. The predicted octanol–water partition coefficient (Wildman–Crippen LogP) is 1.82. The van der Waals surface area contributed by atoms with Crippen LogP contribution in [0.4, 0.5) is 5.69 Å². The van der Waals surface area contributed by atoms with Gasteiger partial charge in [0.25, 0.3) is 0 Å². The van der Waals surface area contributed by atoms with E-state index < -0.39 is 0 Å². The van der Waals surface area contributed by atoms with Gasteiger partial charge in [-0.1, -0.05) is 32.0 Å². The number of hydrogen-bond donors (Lipinski definition) is 1. The molecular formula is C13H20N2O. The summed E-state index contributed by atoms with van der Waals surface area (Å²) in [4.78, 5) is 13.6. The first-order valence-electron chi connectivity index (χ1n) is 5.76. The average Bonchev–Trinajstić information content (AvgIpc) is 2.69. The first-order chi connectivity index (χ1) is 7.74. The second-order valence-corrected chi connectivity index (χ2v) is 3.57. The van der Waals surface area contributed by atoms with Gasteiger partial charge >= 0.3 is 0 Å². The van der Waals surface area contributed by atoms with Crippen molar-refractivity contribution in [3.05, 3.63) is 29.8 Å². The highest BCUT2D eigenvalue weighted by molar-refractivity contribution is 5.87. The third kappa shape index (κ3) is 2.18. The van der Waals surface area contributed by atoms with Gasteiger partial charge in [-0.05, 0) is 11.6 Å². The summed E-state index contributed by atoms with van der Waals surface area (Å²) in [6, 6.07) is 8.10. The van der Waals surface area contributed by atoms with Gasteiger partial charge in [0.15, 0.2) is 0 Å². The van der Waals surface area contributed by atoms with Crippen molar-refractivity contribution < 1.29 is 4.79 Å². The van der Waals surface area contributed by atoms with Crippen LogP contribution >= 0.6 is 0 Å². The van der Waals surface area contributed by atoms with Crippen LogP contribution in [0.3, 0.4) is 0 Å². The second-order valence-electron chi connectivity index (χ2n) is 3.57. The highest BCUT2D eigenvalue weighted by Gasteiger charge is 2.30. The van der Waals surface area contributed by atoms with E-state index in [1.54, 1.807) is 7.05 Å². The molecule has 0 aromatic heterocycles. The highest BCUT2D eigenvalue weighted by atomic mass is 16.2. The Kier molecular flexibility index (Phi) is 4.35. The van der Waals surface area contributed by atoms with Gasteiger partial charge in [0.1, 0.15) is 6.04 Å². The number of likely N-dealkylation sites (N-methyl/N-ethyl adjacent to an activating group) is 2. The number of hydrogen-bond acceptors (Lipinski definition) is 2. The van der Waals surface area contributed by atoms with E-state index in [1.165, 1.54) is 11.3 Å². The Morgan fingerprint density at radius 2 is 2.00 bits per heavy atom. The fourth-order valence-electron chi connectivity index (χ4n) is 1.98. The molecule has 1 atom stereocenters. The topological polar surface area (TPSA) is 32.3 Å². The second kappa shape index (κ2) is 5.54. The lowest BCUT2D eigenvalue weighted by molar-refractivity contribution is -0.121. The van der Waals surface area contributed by atoms with E-state index in [2.05, 4.69) is 17.4 Å². The summed E-state index contributed by atoms with van der Waals surface area (Å²) >= 11 is 0. The minimum Gasteiger partial charge on any atom is -0.362 e. The first kappa shape index (κ1) is 12.6. The number of amides is 1. The fourth-order valence-corrected chi connectivity index (χ4v) is 1.98. The number of benzene rings is 1. The largest absolute Gasteiger partial charge is 0.362 e. The summed E-state index contributed by atoms with van der Waals surface area (Å²) in [5.41, 5.74) is 2.42. The molecule has 1 N–H and O–H groups in total. The Balaban J connectivity index is 0.000000606. The Hall–Kier alpha value is -1.51. The summed E-state index contributed by atoms with van der Waals surface area (Å²) in [7, 11) is 3.64. The molecule has 1 aliphatic heterocycles. The molecule has 3 nitrogen and oxygen atoms in total. The van der Waals surface area contributed by atoms with Crippen molar-refractivity contribution in [3.63, 3.8) is 0 Å². The smallest absolute Gasteiger partial charge is 0.242 e. The Labute approximate surface area is 97.5 Å². The van der Waals surface area contributed by atoms with Crippen molar-refractivity contribution in [1.29, 1.82) is 0 Å². The lowest BCUT2D eigenvalue weighted by Crippen LogP contribution is -2.42. The molecule has 0 saturated heterocycles. The maximum atomic E-state index is 11.5. The molecule has 16 heavy (non-hydrogen) atoms. The van der Waals surface area contributed by atoms with E-state index >= 15 is 0 Å². The maximum Gasteiger partial charge on any atom is 0.242 e. The van der Waals surface area contributed by atoms with Crippen LogP contribution < -0.4 is 10.2 Å². The molecule has 2 rings (SSSR count). The van der Waals surface area contributed by atoms with Crippen molar-refractivity contribution in [2.75, 3.05) is 19.0 Å². The van der Waals surface area contributed by atoms with Crippen molar-refractivity contribution in [3.8, 4) is 0 Å². The molecule has 0 spiro atoms. The summed E-state index contributed by atoms with van der Waals surface area (Å²) in [6.07, 6.45) is 0.812. The lowest BCUT2D eigenvalue weighted by Gasteiger charge is -2.20. The number of nitrogens with zero attached hydrogens (tertiary/aromatic N) is 1. The van der Waals surface area contributed by atoms with Crippen molar-refractivity contribution >= 4 is 11.6 Å². The third-order valence-corrected chi connectivity index (χ3v) is 2.80. The zero-order valence-corrected chi connectivity index (χ0v) is 10.4. The number of carbonyl (C=O) groups excluding carboxylic acids is 1. The molecular weight excluding hydrogens is 200 g/mol. The van der Waals surface area contributed by atoms with Gasteiger partial charge in [0, 0.05) is 26.2 Å². The molecule has 0 bridgehead atoms. The Morgan fingerprint density at radius 1 is 1.38 bits per heavy atom. The quantitative estimate of drug-likeness (QED) is 0.783. The summed E-state index contributed by atoms with van der Waals surface area (Å²) in [6.45, 7) is 4.00. The molecule has 1 unspecified atom stereocenters. The van der Waals surface area contributed by atoms with E-state index in [-0.39, 0.29) is 11.9 Å². The molecule has 1 aromatic carbocycles. The number of carbonyl (C=O) groups is 1. The lowest BCUT2D eigenvalue weighted by atomic mass is 10.1. The van der Waals surface area contributed by atoms with Gasteiger partial charge in [-0.25, -0.2) is 0 Å². The van der Waals surface area contributed by atoms with E-state index in [9.17, 15) is 4.79 Å². The van der Waals surface area contributed by atoms with E-state index in [0.29, 0.717) is 0 Å². The standard InChI is InChI=1S/C11H14N2O.C2H6/c1-12-11(14)10-7-8-5-3-4-6-9(8)13(10)2;1-2/h3-6,10H,7H2,1-2H3,(H,12,14);1-2H3. The van der Waals surface area contributed by atoms with Gasteiger partial charge in [-0.3, -0.25) is 4.79 Å². The normalized spacial score (nSPS) is 17.2. The molecule has 1 aliphatic rings.